The van der Waals surface area contributed by atoms with Gasteiger partial charge in [-0.15, -0.1) is 0 Å². The highest BCUT2D eigenvalue weighted by Gasteiger charge is 2.26. The smallest absolute Gasteiger partial charge is 0.164 e. The number of aliphatic imine (C=N–C) groups is 1. The first-order chi connectivity index (χ1) is 21.4. The first-order valence-electron chi connectivity index (χ1n) is 15.4. The summed E-state index contributed by atoms with van der Waals surface area (Å²) >= 11 is 0. The Bertz CT molecular complexity index is 1510. The lowest BCUT2D eigenvalue weighted by Gasteiger charge is -2.41. The van der Waals surface area contributed by atoms with Crippen LogP contribution in [0.5, 0.6) is 0 Å². The van der Waals surface area contributed by atoms with Crippen molar-refractivity contribution in [1.29, 1.82) is 0 Å². The summed E-state index contributed by atoms with van der Waals surface area (Å²) in [4.78, 5) is 15.9. The van der Waals surface area contributed by atoms with Gasteiger partial charge in [0.15, 0.2) is 5.82 Å². The Labute approximate surface area is 260 Å². The minimum atomic E-state index is -0.252. The van der Waals surface area contributed by atoms with Gasteiger partial charge >= 0.3 is 0 Å². The van der Waals surface area contributed by atoms with Crippen LogP contribution in [0.1, 0.15) is 47.9 Å². The Morgan fingerprint density at radius 1 is 0.932 bits per heavy atom. The fraction of sp³-hybridized carbons (Fsp3) is 0.297. The fourth-order valence-corrected chi connectivity index (χ4v) is 6.06. The minimum Gasteiger partial charge on any atom is -0.356 e. The summed E-state index contributed by atoms with van der Waals surface area (Å²) < 4.78 is 27.3. The summed E-state index contributed by atoms with van der Waals surface area (Å²) in [6.45, 7) is 17.1. The molecule has 1 fully saturated rings. The third-order valence-corrected chi connectivity index (χ3v) is 8.63. The lowest BCUT2D eigenvalue weighted by atomic mass is 9.87. The van der Waals surface area contributed by atoms with Crippen molar-refractivity contribution in [1.82, 2.24) is 14.8 Å². The molecular formula is C37H41F2N5. The van der Waals surface area contributed by atoms with E-state index in [1.807, 2.05) is 36.4 Å². The van der Waals surface area contributed by atoms with Crippen LogP contribution in [0.3, 0.4) is 0 Å². The molecule has 1 aromatic heterocycles. The predicted molar refractivity (Wildman–Crippen MR) is 177 cm³/mol. The number of anilines is 2. The van der Waals surface area contributed by atoms with Gasteiger partial charge in [-0.1, -0.05) is 43.8 Å². The van der Waals surface area contributed by atoms with Crippen LogP contribution in [0, 0.1) is 18.6 Å². The molecule has 0 amide bonds. The Balaban J connectivity index is 1.25. The zero-order valence-corrected chi connectivity index (χ0v) is 25.7. The van der Waals surface area contributed by atoms with E-state index in [0.717, 1.165) is 74.6 Å². The summed E-state index contributed by atoms with van der Waals surface area (Å²) in [5, 5.41) is 0. The Morgan fingerprint density at radius 2 is 1.57 bits per heavy atom. The number of hydrogen-bond donors (Lipinski definition) is 0. The van der Waals surface area contributed by atoms with Crippen LogP contribution in [0.25, 0.3) is 0 Å². The maximum Gasteiger partial charge on any atom is 0.164 e. The highest BCUT2D eigenvalue weighted by molar-refractivity contribution is 5.75. The van der Waals surface area contributed by atoms with Crippen molar-refractivity contribution < 1.29 is 8.78 Å². The third-order valence-electron chi connectivity index (χ3n) is 8.63. The topological polar surface area (TPSA) is 35.0 Å². The minimum absolute atomic E-state index is 0.0828. The molecule has 228 valence electrons. The summed E-state index contributed by atoms with van der Waals surface area (Å²) in [5.41, 5.74) is 6.36. The van der Waals surface area contributed by atoms with Crippen LogP contribution >= 0.6 is 0 Å². The van der Waals surface area contributed by atoms with Gasteiger partial charge in [-0.2, -0.15) is 0 Å². The molecule has 0 saturated carbocycles. The standard InChI is InChI=1S/C37H41F2N5/c1-5-29-26-34(19-10-27(29)2)44(37-36(40-4)9-6-20-41-37)28(3)43-24-22-42(23-25-43)21-7-8-35(30-11-15-32(38)16-12-30)31-13-17-33(39)18-14-31/h6,9-20,26,35H,3-5,7-8,21-25H2,1-2H3. The molecule has 0 radical (unpaired) electrons. The molecule has 5 nitrogen and oxygen atoms in total. The van der Waals surface area contributed by atoms with Crippen LogP contribution in [0.4, 0.5) is 26.0 Å². The van der Waals surface area contributed by atoms with Crippen molar-refractivity contribution >= 4 is 23.9 Å². The molecule has 0 atom stereocenters. The molecule has 0 aliphatic carbocycles. The summed E-state index contributed by atoms with van der Waals surface area (Å²) in [6.07, 6.45) is 4.58. The average Bonchev–Trinajstić information content (AvgIpc) is 3.05. The number of piperazine rings is 1. The number of halogens is 2. The van der Waals surface area contributed by atoms with E-state index in [1.54, 1.807) is 6.20 Å². The molecule has 5 rings (SSSR count). The molecular weight excluding hydrogens is 552 g/mol. The van der Waals surface area contributed by atoms with E-state index in [2.05, 4.69) is 65.0 Å². The second-order valence-corrected chi connectivity index (χ2v) is 11.3. The van der Waals surface area contributed by atoms with E-state index in [4.69, 9.17) is 4.98 Å². The van der Waals surface area contributed by atoms with E-state index < -0.39 is 0 Å². The monoisotopic (exact) mass is 593 g/mol. The van der Waals surface area contributed by atoms with E-state index >= 15 is 0 Å². The largest absolute Gasteiger partial charge is 0.356 e. The van der Waals surface area contributed by atoms with E-state index in [9.17, 15) is 8.78 Å². The van der Waals surface area contributed by atoms with Crippen LogP contribution in [0.15, 0.2) is 102 Å². The maximum absolute atomic E-state index is 13.6. The number of aryl methyl sites for hydroxylation is 2. The molecule has 0 spiro atoms. The fourth-order valence-electron chi connectivity index (χ4n) is 6.06. The highest BCUT2D eigenvalue weighted by Crippen LogP contribution is 2.37. The predicted octanol–water partition coefficient (Wildman–Crippen LogP) is 8.40. The van der Waals surface area contributed by atoms with Crippen LogP contribution in [-0.4, -0.2) is 54.2 Å². The number of aromatic nitrogens is 1. The molecule has 3 aromatic carbocycles. The summed E-state index contributed by atoms with van der Waals surface area (Å²) in [5.74, 6) is 1.16. The average molecular weight is 594 g/mol. The quantitative estimate of drug-likeness (QED) is 0.155. The molecule has 1 aliphatic heterocycles. The molecule has 7 heteroatoms. The Kier molecular flexibility index (Phi) is 10.2. The number of benzene rings is 3. The van der Waals surface area contributed by atoms with Crippen molar-refractivity contribution in [2.24, 2.45) is 4.99 Å². The third kappa shape index (κ3) is 7.22. The van der Waals surface area contributed by atoms with Crippen molar-refractivity contribution in [2.45, 2.75) is 39.0 Å². The van der Waals surface area contributed by atoms with Gasteiger partial charge in [0.2, 0.25) is 0 Å². The lowest BCUT2D eigenvalue weighted by Crippen LogP contribution is -2.48. The van der Waals surface area contributed by atoms with Crippen molar-refractivity contribution in [2.75, 3.05) is 37.6 Å². The van der Waals surface area contributed by atoms with E-state index in [1.165, 1.54) is 35.4 Å². The Morgan fingerprint density at radius 3 is 2.16 bits per heavy atom. The number of pyridine rings is 1. The maximum atomic E-state index is 13.6. The molecule has 0 N–H and O–H groups in total. The van der Waals surface area contributed by atoms with Crippen molar-refractivity contribution in [3.63, 3.8) is 0 Å². The zero-order chi connectivity index (χ0) is 31.1. The molecule has 0 bridgehead atoms. The Hall–Kier alpha value is -4.36. The van der Waals surface area contributed by atoms with Gasteiger partial charge in [0, 0.05) is 44.0 Å². The number of rotatable bonds is 12. The van der Waals surface area contributed by atoms with Gasteiger partial charge in [-0.05, 0) is 110 Å². The van der Waals surface area contributed by atoms with Crippen molar-refractivity contribution in [3.8, 4) is 0 Å². The van der Waals surface area contributed by atoms with Crippen molar-refractivity contribution in [3.05, 3.63) is 131 Å². The first kappa shape index (κ1) is 31.1. The second kappa shape index (κ2) is 14.4. The summed E-state index contributed by atoms with van der Waals surface area (Å²) in [6, 6.07) is 23.6. The van der Waals surface area contributed by atoms with E-state index in [0.29, 0.717) is 11.5 Å². The zero-order valence-electron chi connectivity index (χ0n) is 25.7. The van der Waals surface area contributed by atoms with Gasteiger partial charge < -0.3 is 4.90 Å². The van der Waals surface area contributed by atoms with Crippen LogP contribution < -0.4 is 4.90 Å². The SMILES string of the molecule is C=Nc1cccnc1N(C(=C)N1CCN(CCCC(c2ccc(F)cc2)c2ccc(F)cc2)CC1)c1ccc(C)c(CC)c1. The summed E-state index contributed by atoms with van der Waals surface area (Å²) in [7, 11) is 0. The number of nitrogens with zero attached hydrogens (tertiary/aromatic N) is 5. The molecule has 4 aromatic rings. The van der Waals surface area contributed by atoms with Gasteiger partial charge in [-0.25, -0.2) is 13.8 Å². The lowest BCUT2D eigenvalue weighted by molar-refractivity contribution is 0.155. The van der Waals surface area contributed by atoms with Crippen LogP contribution in [-0.2, 0) is 6.42 Å². The normalized spacial score (nSPS) is 13.7. The molecule has 1 aliphatic rings. The van der Waals surface area contributed by atoms with Gasteiger partial charge in [0.1, 0.15) is 23.1 Å². The number of hydrogen-bond acceptors (Lipinski definition) is 5. The van der Waals surface area contributed by atoms with Gasteiger partial charge in [-0.3, -0.25) is 14.8 Å². The highest BCUT2D eigenvalue weighted by atomic mass is 19.1. The van der Waals surface area contributed by atoms with E-state index in [-0.39, 0.29) is 17.6 Å². The van der Waals surface area contributed by atoms with Gasteiger partial charge in [0.25, 0.3) is 0 Å². The molecule has 44 heavy (non-hydrogen) atoms. The first-order valence-corrected chi connectivity index (χ1v) is 15.4. The molecule has 0 unspecified atom stereocenters. The van der Waals surface area contributed by atoms with Crippen LogP contribution in [0.2, 0.25) is 0 Å². The molecule has 2 heterocycles. The second-order valence-electron chi connectivity index (χ2n) is 11.3. The van der Waals surface area contributed by atoms with Gasteiger partial charge in [0.05, 0.1) is 0 Å². The molecule has 1 saturated heterocycles.